The van der Waals surface area contributed by atoms with Crippen LogP contribution in [-0.2, 0) is 17.8 Å². The second kappa shape index (κ2) is 9.75. The summed E-state index contributed by atoms with van der Waals surface area (Å²) in [6.45, 7) is 0.437. The zero-order chi connectivity index (χ0) is 22.3. The van der Waals surface area contributed by atoms with Gasteiger partial charge in [0.2, 0.25) is 0 Å². The number of pyridine rings is 1. The molecule has 0 radical (unpaired) electrons. The van der Waals surface area contributed by atoms with Crippen LogP contribution in [-0.4, -0.2) is 28.0 Å². The van der Waals surface area contributed by atoms with Crippen molar-refractivity contribution in [1.82, 2.24) is 10.3 Å². The molecule has 0 saturated carbocycles. The minimum atomic E-state index is -1.07. The molecule has 160 valence electrons. The highest BCUT2D eigenvalue weighted by Crippen LogP contribution is 2.23. The second-order valence-corrected chi connectivity index (χ2v) is 7.42. The average Bonchev–Trinajstić information content (AvgIpc) is 2.83. The zero-order valence-electron chi connectivity index (χ0n) is 17.3. The number of ether oxygens (including phenoxy) is 1. The number of carboxylic acids is 1. The number of hydrogen-bond donors (Lipinski definition) is 2. The zero-order valence-corrected chi connectivity index (χ0v) is 17.3. The molecule has 0 bridgehead atoms. The Labute approximate surface area is 185 Å². The van der Waals surface area contributed by atoms with Crippen LogP contribution in [0.2, 0.25) is 0 Å². The highest BCUT2D eigenvalue weighted by molar-refractivity contribution is 6.00. The lowest BCUT2D eigenvalue weighted by atomic mass is 10.0. The predicted molar refractivity (Wildman–Crippen MR) is 122 cm³/mol. The van der Waals surface area contributed by atoms with E-state index in [4.69, 9.17) is 4.74 Å². The van der Waals surface area contributed by atoms with Crippen LogP contribution in [0, 0.1) is 0 Å². The highest BCUT2D eigenvalue weighted by Gasteiger charge is 2.21. The van der Waals surface area contributed by atoms with Gasteiger partial charge in [0.05, 0.1) is 0 Å². The van der Waals surface area contributed by atoms with Gasteiger partial charge in [-0.15, -0.1) is 0 Å². The van der Waals surface area contributed by atoms with Crippen LogP contribution in [0.4, 0.5) is 0 Å². The van der Waals surface area contributed by atoms with Gasteiger partial charge >= 0.3 is 5.97 Å². The smallest absolute Gasteiger partial charge is 0.326 e. The summed E-state index contributed by atoms with van der Waals surface area (Å²) in [4.78, 5) is 28.4. The molecule has 1 atom stereocenters. The molecule has 4 aromatic rings. The third-order valence-electron chi connectivity index (χ3n) is 5.11. The number of nitrogens with one attached hydrogen (secondary N) is 1. The van der Waals surface area contributed by atoms with Gasteiger partial charge in [-0.2, -0.15) is 0 Å². The third kappa shape index (κ3) is 5.29. The first kappa shape index (κ1) is 21.1. The van der Waals surface area contributed by atoms with Crippen molar-refractivity contribution in [2.24, 2.45) is 0 Å². The van der Waals surface area contributed by atoms with Gasteiger partial charge in [0.15, 0.2) is 0 Å². The summed E-state index contributed by atoms with van der Waals surface area (Å²) >= 11 is 0. The molecular formula is C26H22N2O4. The molecule has 0 saturated heterocycles. The van der Waals surface area contributed by atoms with E-state index in [9.17, 15) is 14.7 Å². The van der Waals surface area contributed by atoms with Crippen molar-refractivity contribution in [2.75, 3.05) is 0 Å². The third-order valence-corrected chi connectivity index (χ3v) is 5.11. The van der Waals surface area contributed by atoms with Crippen LogP contribution >= 0.6 is 0 Å². The van der Waals surface area contributed by atoms with Gasteiger partial charge < -0.3 is 15.2 Å². The molecule has 0 spiro atoms. The van der Waals surface area contributed by atoms with Crippen LogP contribution in [0.5, 0.6) is 5.75 Å². The quantitative estimate of drug-likeness (QED) is 0.440. The van der Waals surface area contributed by atoms with Crippen LogP contribution < -0.4 is 10.1 Å². The Kier molecular flexibility index (Phi) is 6.41. The number of hydrogen-bond acceptors (Lipinski definition) is 4. The van der Waals surface area contributed by atoms with Gasteiger partial charge in [0.25, 0.3) is 5.91 Å². The van der Waals surface area contributed by atoms with E-state index in [-0.39, 0.29) is 6.42 Å². The number of aromatic nitrogens is 1. The summed E-state index contributed by atoms with van der Waals surface area (Å²) in [6.07, 6.45) is 3.66. The van der Waals surface area contributed by atoms with Crippen LogP contribution in [0.3, 0.4) is 0 Å². The van der Waals surface area contributed by atoms with E-state index in [0.29, 0.717) is 12.2 Å². The van der Waals surface area contributed by atoms with Crippen molar-refractivity contribution in [2.45, 2.75) is 19.1 Å². The molecular weight excluding hydrogens is 404 g/mol. The molecule has 0 fully saturated rings. The number of benzene rings is 3. The summed E-state index contributed by atoms with van der Waals surface area (Å²) in [5.41, 5.74) is 2.27. The fourth-order valence-electron chi connectivity index (χ4n) is 3.39. The maximum atomic E-state index is 12.7. The molecule has 2 N–H and O–H groups in total. The number of fused-ring (bicyclic) bond motifs is 1. The number of aliphatic carboxylic acids is 1. The van der Waals surface area contributed by atoms with E-state index in [1.54, 1.807) is 24.5 Å². The first-order chi connectivity index (χ1) is 15.6. The first-order valence-electron chi connectivity index (χ1n) is 10.2. The molecule has 3 aromatic carbocycles. The number of amides is 1. The Morgan fingerprint density at radius 2 is 1.59 bits per heavy atom. The largest absolute Gasteiger partial charge is 0.489 e. The van der Waals surface area contributed by atoms with E-state index in [1.807, 2.05) is 66.7 Å². The number of carbonyl (C=O) groups is 2. The number of nitrogens with zero attached hydrogens (tertiary/aromatic N) is 1. The van der Waals surface area contributed by atoms with Gasteiger partial charge in [-0.3, -0.25) is 9.78 Å². The van der Waals surface area contributed by atoms with E-state index in [2.05, 4.69) is 10.3 Å². The normalized spacial score (nSPS) is 11.6. The predicted octanol–water partition coefficient (Wildman–Crippen LogP) is 4.24. The Hall–Kier alpha value is -4.19. The van der Waals surface area contributed by atoms with Crippen molar-refractivity contribution in [3.63, 3.8) is 0 Å². The average molecular weight is 426 g/mol. The van der Waals surface area contributed by atoms with Crippen molar-refractivity contribution in [3.8, 4) is 5.75 Å². The van der Waals surface area contributed by atoms with Gasteiger partial charge in [-0.25, -0.2) is 4.79 Å². The monoisotopic (exact) mass is 426 g/mol. The maximum absolute atomic E-state index is 12.7. The number of carboxylic acid groups (broad SMARTS) is 1. The van der Waals surface area contributed by atoms with E-state index < -0.39 is 17.9 Å². The van der Waals surface area contributed by atoms with Crippen molar-refractivity contribution in [3.05, 3.63) is 108 Å². The van der Waals surface area contributed by atoms with Gasteiger partial charge in [0, 0.05) is 24.4 Å². The molecule has 0 aliphatic rings. The van der Waals surface area contributed by atoms with E-state index >= 15 is 0 Å². The summed E-state index contributed by atoms with van der Waals surface area (Å²) in [7, 11) is 0. The first-order valence-corrected chi connectivity index (χ1v) is 10.2. The summed E-state index contributed by atoms with van der Waals surface area (Å²) < 4.78 is 5.84. The van der Waals surface area contributed by atoms with E-state index in [1.165, 1.54) is 0 Å². The Balaban J connectivity index is 1.45. The van der Waals surface area contributed by atoms with Crippen LogP contribution in [0.1, 0.15) is 21.5 Å². The minimum absolute atomic E-state index is 0.216. The van der Waals surface area contributed by atoms with Crippen molar-refractivity contribution in [1.29, 1.82) is 0 Å². The fourth-order valence-corrected chi connectivity index (χ4v) is 3.39. The molecule has 6 nitrogen and oxygen atoms in total. The lowest BCUT2D eigenvalue weighted by molar-refractivity contribution is -0.139. The molecule has 32 heavy (non-hydrogen) atoms. The van der Waals surface area contributed by atoms with E-state index in [0.717, 1.165) is 27.6 Å². The Bertz CT molecular complexity index is 1230. The fraction of sp³-hybridized carbons (Fsp3) is 0.115. The minimum Gasteiger partial charge on any atom is -0.489 e. The molecule has 0 aliphatic carbocycles. The van der Waals surface area contributed by atoms with Crippen molar-refractivity contribution >= 4 is 22.6 Å². The Morgan fingerprint density at radius 1 is 0.875 bits per heavy atom. The van der Waals surface area contributed by atoms with Crippen LogP contribution in [0.15, 0.2) is 91.3 Å². The lowest BCUT2D eigenvalue weighted by Gasteiger charge is -2.15. The summed E-state index contributed by atoms with van der Waals surface area (Å²) in [6, 6.07) is 22.9. The van der Waals surface area contributed by atoms with Crippen LogP contribution in [0.25, 0.3) is 10.8 Å². The molecule has 1 amide bonds. The standard InChI is InChI=1S/C26H22N2O4/c29-25(28-24(26(30)31)14-18-4-2-1-3-5-18)22-7-6-21-16-23(9-8-20(21)15-22)32-17-19-10-12-27-13-11-19/h1-13,15-16,24H,14,17H2,(H,28,29)(H,30,31). The molecule has 1 heterocycles. The van der Waals surface area contributed by atoms with Gasteiger partial charge in [-0.1, -0.05) is 42.5 Å². The summed E-state index contributed by atoms with van der Waals surface area (Å²) in [5, 5.41) is 13.9. The topological polar surface area (TPSA) is 88.5 Å². The van der Waals surface area contributed by atoms with Gasteiger partial charge in [0.1, 0.15) is 18.4 Å². The molecule has 0 aliphatic heterocycles. The van der Waals surface area contributed by atoms with Gasteiger partial charge in [-0.05, 0) is 58.3 Å². The lowest BCUT2D eigenvalue weighted by Crippen LogP contribution is -2.42. The SMILES string of the molecule is O=C(NC(Cc1ccccc1)C(=O)O)c1ccc2cc(OCc3ccncc3)ccc2c1. The van der Waals surface area contributed by atoms with Crippen molar-refractivity contribution < 1.29 is 19.4 Å². The summed E-state index contributed by atoms with van der Waals surface area (Å²) in [5.74, 6) is -0.771. The maximum Gasteiger partial charge on any atom is 0.326 e. The number of rotatable bonds is 8. The molecule has 4 rings (SSSR count). The molecule has 6 heteroatoms. The highest BCUT2D eigenvalue weighted by atomic mass is 16.5. The molecule has 1 aromatic heterocycles. The number of carbonyl (C=O) groups excluding carboxylic acids is 1. The second-order valence-electron chi connectivity index (χ2n) is 7.42. The Morgan fingerprint density at radius 3 is 2.34 bits per heavy atom. The molecule has 1 unspecified atom stereocenters.